The van der Waals surface area contributed by atoms with Crippen LogP contribution >= 0.6 is 0 Å². The lowest BCUT2D eigenvalue weighted by Crippen LogP contribution is -2.20. The van der Waals surface area contributed by atoms with Crippen LogP contribution in [-0.2, 0) is 0 Å². The molecular formula is C16H23NO. The average molecular weight is 245 g/mol. The molecule has 18 heavy (non-hydrogen) atoms. The van der Waals surface area contributed by atoms with E-state index in [1.165, 1.54) is 42.4 Å². The van der Waals surface area contributed by atoms with Crippen molar-refractivity contribution in [3.63, 3.8) is 0 Å². The van der Waals surface area contributed by atoms with E-state index in [-0.39, 0.29) is 0 Å². The number of hydrogen-bond acceptors (Lipinski definition) is 2. The smallest absolute Gasteiger partial charge is 0.123 e. The Morgan fingerprint density at radius 2 is 2.11 bits per heavy atom. The van der Waals surface area contributed by atoms with E-state index < -0.39 is 0 Å². The van der Waals surface area contributed by atoms with Crippen LogP contribution in [0.3, 0.4) is 0 Å². The second-order valence-corrected chi connectivity index (χ2v) is 4.99. The average Bonchev–Trinajstić information content (AvgIpc) is 2.41. The highest BCUT2D eigenvalue weighted by atomic mass is 16.5. The summed E-state index contributed by atoms with van der Waals surface area (Å²) in [5, 5.41) is 3.44. The van der Waals surface area contributed by atoms with Crippen LogP contribution in [0, 0.1) is 6.92 Å². The second kappa shape index (κ2) is 6.05. The van der Waals surface area contributed by atoms with Crippen molar-refractivity contribution in [2.75, 3.05) is 14.2 Å². The molecule has 0 aromatic heterocycles. The summed E-state index contributed by atoms with van der Waals surface area (Å²) in [4.78, 5) is 0. The Labute approximate surface area is 110 Å². The van der Waals surface area contributed by atoms with Crippen molar-refractivity contribution in [3.05, 3.63) is 41.0 Å². The molecular weight excluding hydrogens is 222 g/mol. The molecule has 2 heteroatoms. The Hall–Kier alpha value is -1.28. The van der Waals surface area contributed by atoms with Crippen molar-refractivity contribution in [2.45, 2.75) is 38.6 Å². The Bertz CT molecular complexity index is 437. The van der Waals surface area contributed by atoms with E-state index in [9.17, 15) is 0 Å². The van der Waals surface area contributed by atoms with Gasteiger partial charge in [-0.25, -0.2) is 0 Å². The van der Waals surface area contributed by atoms with Crippen molar-refractivity contribution < 1.29 is 4.74 Å². The highest BCUT2D eigenvalue weighted by Gasteiger charge is 2.19. The number of aryl methyl sites for hydroxylation is 1. The highest BCUT2D eigenvalue weighted by molar-refractivity contribution is 5.43. The van der Waals surface area contributed by atoms with Gasteiger partial charge in [0.2, 0.25) is 0 Å². The Balaban J connectivity index is 2.37. The summed E-state index contributed by atoms with van der Waals surface area (Å²) in [6.45, 7) is 2.13. The first kappa shape index (κ1) is 13.2. The summed E-state index contributed by atoms with van der Waals surface area (Å²) in [6.07, 6.45) is 7.43. The van der Waals surface area contributed by atoms with Gasteiger partial charge in [-0.15, -0.1) is 0 Å². The summed E-state index contributed by atoms with van der Waals surface area (Å²) < 4.78 is 5.51. The third-order valence-electron chi connectivity index (χ3n) is 3.68. The molecule has 0 aliphatic heterocycles. The zero-order valence-corrected chi connectivity index (χ0v) is 11.6. The molecule has 0 bridgehead atoms. The monoisotopic (exact) mass is 245 g/mol. The largest absolute Gasteiger partial charge is 0.496 e. The first-order chi connectivity index (χ1) is 8.76. The maximum absolute atomic E-state index is 5.51. The fourth-order valence-electron chi connectivity index (χ4n) is 2.75. The number of hydrogen-bond donors (Lipinski definition) is 1. The first-order valence-corrected chi connectivity index (χ1v) is 6.77. The van der Waals surface area contributed by atoms with Crippen LogP contribution < -0.4 is 10.1 Å². The van der Waals surface area contributed by atoms with E-state index in [4.69, 9.17) is 4.74 Å². The molecule has 0 saturated carbocycles. The van der Waals surface area contributed by atoms with E-state index in [1.54, 1.807) is 7.11 Å². The molecule has 0 amide bonds. The van der Waals surface area contributed by atoms with Gasteiger partial charge in [0.15, 0.2) is 0 Å². The molecule has 1 unspecified atom stereocenters. The maximum atomic E-state index is 5.51. The third kappa shape index (κ3) is 2.75. The Morgan fingerprint density at radius 3 is 2.72 bits per heavy atom. The zero-order chi connectivity index (χ0) is 13.0. The molecule has 2 nitrogen and oxygen atoms in total. The van der Waals surface area contributed by atoms with Crippen molar-refractivity contribution in [2.24, 2.45) is 0 Å². The van der Waals surface area contributed by atoms with Crippen molar-refractivity contribution in [1.82, 2.24) is 5.32 Å². The predicted molar refractivity (Wildman–Crippen MR) is 76.1 cm³/mol. The predicted octanol–water partition coefficient (Wildman–Crippen LogP) is 3.76. The number of nitrogens with one attached hydrogen (secondary N) is 1. The summed E-state index contributed by atoms with van der Waals surface area (Å²) in [5.74, 6) is 0.978. The SMILES string of the molecule is CNC(C1=CCCCC1)c1cc(C)ccc1OC. The Morgan fingerprint density at radius 1 is 1.28 bits per heavy atom. The van der Waals surface area contributed by atoms with Crippen LogP contribution in [0.15, 0.2) is 29.8 Å². The lowest BCUT2D eigenvalue weighted by Gasteiger charge is -2.25. The lowest BCUT2D eigenvalue weighted by atomic mass is 9.89. The van der Waals surface area contributed by atoms with Crippen LogP contribution in [0.1, 0.15) is 42.9 Å². The Kier molecular flexibility index (Phi) is 4.43. The van der Waals surface area contributed by atoms with E-state index in [1.807, 2.05) is 7.05 Å². The van der Waals surface area contributed by atoms with Crippen molar-refractivity contribution in [3.8, 4) is 5.75 Å². The minimum absolute atomic E-state index is 0.292. The van der Waals surface area contributed by atoms with E-state index in [2.05, 4.69) is 36.5 Å². The number of likely N-dealkylation sites (N-methyl/N-ethyl adjacent to an activating group) is 1. The molecule has 1 aromatic carbocycles. The minimum Gasteiger partial charge on any atom is -0.496 e. The van der Waals surface area contributed by atoms with E-state index in [0.29, 0.717) is 6.04 Å². The lowest BCUT2D eigenvalue weighted by molar-refractivity contribution is 0.403. The van der Waals surface area contributed by atoms with Gasteiger partial charge in [0.25, 0.3) is 0 Å². The molecule has 0 heterocycles. The van der Waals surface area contributed by atoms with E-state index in [0.717, 1.165) is 5.75 Å². The molecule has 0 spiro atoms. The van der Waals surface area contributed by atoms with E-state index >= 15 is 0 Å². The van der Waals surface area contributed by atoms with Gasteiger partial charge in [0, 0.05) is 5.56 Å². The molecule has 0 radical (unpaired) electrons. The fraction of sp³-hybridized carbons (Fsp3) is 0.500. The van der Waals surface area contributed by atoms with Crippen LogP contribution in [0.5, 0.6) is 5.75 Å². The van der Waals surface area contributed by atoms with Crippen LogP contribution in [-0.4, -0.2) is 14.2 Å². The normalized spacial score (nSPS) is 17.2. The molecule has 1 N–H and O–H groups in total. The van der Waals surface area contributed by atoms with Gasteiger partial charge in [0.1, 0.15) is 5.75 Å². The highest BCUT2D eigenvalue weighted by Crippen LogP contribution is 2.34. The molecule has 98 valence electrons. The minimum atomic E-state index is 0.292. The number of benzene rings is 1. The quantitative estimate of drug-likeness (QED) is 0.815. The van der Waals surface area contributed by atoms with Crippen LogP contribution in [0.25, 0.3) is 0 Å². The zero-order valence-electron chi connectivity index (χ0n) is 11.6. The number of methoxy groups -OCH3 is 1. The van der Waals surface area contributed by atoms with Crippen LogP contribution in [0.2, 0.25) is 0 Å². The van der Waals surface area contributed by atoms with Crippen molar-refractivity contribution in [1.29, 1.82) is 0 Å². The molecule has 1 aromatic rings. The van der Waals surface area contributed by atoms with Gasteiger partial charge in [-0.3, -0.25) is 0 Å². The summed E-state index contributed by atoms with van der Waals surface area (Å²) in [5.41, 5.74) is 4.04. The van der Waals surface area contributed by atoms with Gasteiger partial charge in [-0.1, -0.05) is 29.3 Å². The number of allylic oxidation sites excluding steroid dienone is 1. The molecule has 0 fully saturated rings. The summed E-state index contributed by atoms with van der Waals surface area (Å²) in [6, 6.07) is 6.69. The topological polar surface area (TPSA) is 21.3 Å². The van der Waals surface area contributed by atoms with Gasteiger partial charge in [-0.05, 0) is 45.7 Å². The van der Waals surface area contributed by atoms with Crippen molar-refractivity contribution >= 4 is 0 Å². The fourth-order valence-corrected chi connectivity index (χ4v) is 2.75. The summed E-state index contributed by atoms with van der Waals surface area (Å²) in [7, 11) is 3.78. The van der Waals surface area contributed by atoms with Gasteiger partial charge in [-0.2, -0.15) is 0 Å². The maximum Gasteiger partial charge on any atom is 0.123 e. The summed E-state index contributed by atoms with van der Waals surface area (Å²) >= 11 is 0. The number of ether oxygens (including phenoxy) is 1. The molecule has 1 aliphatic rings. The molecule has 1 atom stereocenters. The second-order valence-electron chi connectivity index (χ2n) is 4.99. The standard InChI is InChI=1S/C16H23NO/c1-12-9-10-15(18-3)14(11-12)16(17-2)13-7-5-4-6-8-13/h7,9-11,16-17H,4-6,8H2,1-3H3. The van der Waals surface area contributed by atoms with Gasteiger partial charge in [0.05, 0.1) is 13.2 Å². The third-order valence-corrected chi connectivity index (χ3v) is 3.68. The molecule has 1 aliphatic carbocycles. The molecule has 2 rings (SSSR count). The van der Waals surface area contributed by atoms with Gasteiger partial charge < -0.3 is 10.1 Å². The number of rotatable bonds is 4. The van der Waals surface area contributed by atoms with Crippen LogP contribution in [0.4, 0.5) is 0 Å². The first-order valence-electron chi connectivity index (χ1n) is 6.77. The molecule has 0 saturated heterocycles. The van der Waals surface area contributed by atoms with Gasteiger partial charge >= 0.3 is 0 Å².